The normalized spacial score (nSPS) is 10.7. The Hall–Kier alpha value is -0.460. The molecule has 2 rings (SSSR count). The summed E-state index contributed by atoms with van der Waals surface area (Å²) < 4.78 is 2.00. The van der Waals surface area contributed by atoms with Gasteiger partial charge in [-0.2, -0.15) is 0 Å². The average molecular weight is 391 g/mol. The van der Waals surface area contributed by atoms with Crippen molar-refractivity contribution in [2.75, 3.05) is 11.9 Å². The van der Waals surface area contributed by atoms with Crippen molar-refractivity contribution in [1.29, 1.82) is 0 Å². The third kappa shape index (κ3) is 2.75. The third-order valence-corrected chi connectivity index (χ3v) is 5.09. The molecule has 0 spiro atoms. The van der Waals surface area contributed by atoms with Crippen molar-refractivity contribution in [2.24, 2.45) is 0 Å². The van der Waals surface area contributed by atoms with Crippen LogP contribution in [0.2, 0.25) is 0 Å². The molecule has 2 aromatic heterocycles. The molecule has 0 amide bonds. The largest absolute Gasteiger partial charge is 0.369 e. The molecular weight excluding hydrogens is 378 g/mol. The van der Waals surface area contributed by atoms with Crippen LogP contribution in [0.5, 0.6) is 0 Å². The van der Waals surface area contributed by atoms with Gasteiger partial charge >= 0.3 is 0 Å². The van der Waals surface area contributed by atoms with Crippen LogP contribution in [0.25, 0.3) is 10.7 Å². The predicted octanol–water partition coefficient (Wildman–Crippen LogP) is 4.72. The summed E-state index contributed by atoms with van der Waals surface area (Å²) in [5.74, 6) is 1.63. The molecule has 6 heteroatoms. The van der Waals surface area contributed by atoms with Gasteiger partial charge in [0.25, 0.3) is 0 Å². The van der Waals surface area contributed by atoms with E-state index in [1.165, 1.54) is 0 Å². The van der Waals surface area contributed by atoms with Crippen LogP contribution in [0.4, 0.5) is 5.82 Å². The molecule has 0 aliphatic heterocycles. The summed E-state index contributed by atoms with van der Waals surface area (Å²) in [5, 5.41) is 5.29. The SMILES string of the molecule is CCNc1nc(-c2sccc2Br)nc(CC)c1Br. The summed E-state index contributed by atoms with van der Waals surface area (Å²) >= 11 is 8.73. The summed E-state index contributed by atoms with van der Waals surface area (Å²) in [7, 11) is 0. The zero-order valence-electron chi connectivity index (χ0n) is 10.1. The van der Waals surface area contributed by atoms with E-state index in [9.17, 15) is 0 Å². The highest BCUT2D eigenvalue weighted by Crippen LogP contribution is 2.34. The molecule has 0 aliphatic rings. The van der Waals surface area contributed by atoms with Gasteiger partial charge in [-0.25, -0.2) is 9.97 Å². The first-order chi connectivity index (χ1) is 8.67. The Morgan fingerprint density at radius 3 is 2.61 bits per heavy atom. The van der Waals surface area contributed by atoms with Gasteiger partial charge in [0, 0.05) is 11.0 Å². The molecule has 1 N–H and O–H groups in total. The van der Waals surface area contributed by atoms with Gasteiger partial charge < -0.3 is 5.32 Å². The van der Waals surface area contributed by atoms with Gasteiger partial charge in [-0.15, -0.1) is 11.3 Å². The van der Waals surface area contributed by atoms with E-state index in [4.69, 9.17) is 0 Å². The molecule has 0 aliphatic carbocycles. The Bertz CT molecular complexity index is 554. The number of nitrogens with zero attached hydrogens (tertiary/aromatic N) is 2. The Labute approximate surface area is 127 Å². The zero-order chi connectivity index (χ0) is 13.1. The van der Waals surface area contributed by atoms with Gasteiger partial charge in [0.15, 0.2) is 5.82 Å². The van der Waals surface area contributed by atoms with Crippen LogP contribution in [-0.4, -0.2) is 16.5 Å². The van der Waals surface area contributed by atoms with E-state index in [1.54, 1.807) is 11.3 Å². The van der Waals surface area contributed by atoms with Crippen LogP contribution < -0.4 is 5.32 Å². The molecule has 2 aromatic rings. The molecule has 2 heterocycles. The minimum Gasteiger partial charge on any atom is -0.369 e. The van der Waals surface area contributed by atoms with E-state index in [0.717, 1.165) is 44.1 Å². The first-order valence-electron chi connectivity index (χ1n) is 5.71. The van der Waals surface area contributed by atoms with Gasteiger partial charge in [0.1, 0.15) is 5.82 Å². The van der Waals surface area contributed by atoms with Crippen molar-refractivity contribution in [2.45, 2.75) is 20.3 Å². The average Bonchev–Trinajstić information content (AvgIpc) is 2.78. The van der Waals surface area contributed by atoms with E-state index in [-0.39, 0.29) is 0 Å². The molecular formula is C12H13Br2N3S. The monoisotopic (exact) mass is 389 g/mol. The second-order valence-corrected chi connectivity index (χ2v) is 6.20. The van der Waals surface area contributed by atoms with Crippen molar-refractivity contribution in [1.82, 2.24) is 9.97 Å². The van der Waals surface area contributed by atoms with Crippen molar-refractivity contribution in [3.05, 3.63) is 26.1 Å². The first-order valence-corrected chi connectivity index (χ1v) is 8.17. The number of hydrogen-bond acceptors (Lipinski definition) is 4. The predicted molar refractivity (Wildman–Crippen MR) is 84.3 cm³/mol. The number of thiophene rings is 1. The summed E-state index contributed by atoms with van der Waals surface area (Å²) in [6.45, 7) is 4.99. The van der Waals surface area contributed by atoms with E-state index in [0.29, 0.717) is 0 Å². The maximum Gasteiger partial charge on any atom is 0.173 e. The number of rotatable bonds is 4. The van der Waals surface area contributed by atoms with Gasteiger partial charge in [0.05, 0.1) is 15.0 Å². The van der Waals surface area contributed by atoms with Gasteiger partial charge in [0.2, 0.25) is 0 Å². The highest BCUT2D eigenvalue weighted by molar-refractivity contribution is 9.11. The molecule has 0 saturated heterocycles. The zero-order valence-corrected chi connectivity index (χ0v) is 14.1. The molecule has 0 bridgehead atoms. The van der Waals surface area contributed by atoms with E-state index in [1.807, 2.05) is 11.4 Å². The Balaban J connectivity index is 2.55. The fraction of sp³-hybridized carbons (Fsp3) is 0.333. The molecule has 0 unspecified atom stereocenters. The quantitative estimate of drug-likeness (QED) is 0.820. The number of anilines is 1. The molecule has 0 radical (unpaired) electrons. The molecule has 96 valence electrons. The van der Waals surface area contributed by atoms with Gasteiger partial charge in [-0.05, 0) is 56.7 Å². The number of hydrogen-bond donors (Lipinski definition) is 1. The maximum atomic E-state index is 4.62. The van der Waals surface area contributed by atoms with Gasteiger partial charge in [-0.1, -0.05) is 6.92 Å². The topological polar surface area (TPSA) is 37.8 Å². The molecule has 0 aromatic carbocycles. The smallest absolute Gasteiger partial charge is 0.173 e. The van der Waals surface area contributed by atoms with E-state index >= 15 is 0 Å². The third-order valence-electron chi connectivity index (χ3n) is 2.42. The van der Waals surface area contributed by atoms with Crippen LogP contribution in [0.1, 0.15) is 19.5 Å². The van der Waals surface area contributed by atoms with Crippen LogP contribution in [0.15, 0.2) is 20.4 Å². The van der Waals surface area contributed by atoms with Crippen molar-refractivity contribution >= 4 is 49.0 Å². The summed E-state index contributed by atoms with van der Waals surface area (Å²) in [4.78, 5) is 10.3. The highest BCUT2D eigenvalue weighted by Gasteiger charge is 2.14. The fourth-order valence-corrected chi connectivity index (χ4v) is 3.65. The van der Waals surface area contributed by atoms with Crippen molar-refractivity contribution in [3.8, 4) is 10.7 Å². The Kier molecular flexibility index (Phi) is 4.75. The second kappa shape index (κ2) is 6.12. The maximum absolute atomic E-state index is 4.62. The number of aromatic nitrogens is 2. The summed E-state index contributed by atoms with van der Waals surface area (Å²) in [5.41, 5.74) is 1.02. The number of halogens is 2. The highest BCUT2D eigenvalue weighted by atomic mass is 79.9. The number of nitrogens with one attached hydrogen (secondary N) is 1. The van der Waals surface area contributed by atoms with Crippen LogP contribution in [0.3, 0.4) is 0 Å². The second-order valence-electron chi connectivity index (χ2n) is 3.64. The standard InChI is InChI=1S/C12H13Br2N3S/c1-3-8-9(14)11(15-4-2)17-12(16-8)10-7(13)5-6-18-10/h5-6H,3-4H2,1-2H3,(H,15,16,17). The molecule has 0 saturated carbocycles. The fourth-order valence-electron chi connectivity index (χ4n) is 1.57. The minimum absolute atomic E-state index is 0.771. The van der Waals surface area contributed by atoms with E-state index < -0.39 is 0 Å². The van der Waals surface area contributed by atoms with E-state index in [2.05, 4.69) is 61.0 Å². The minimum atomic E-state index is 0.771. The molecule has 0 atom stereocenters. The Morgan fingerprint density at radius 2 is 2.06 bits per heavy atom. The van der Waals surface area contributed by atoms with Crippen molar-refractivity contribution < 1.29 is 0 Å². The summed E-state index contributed by atoms with van der Waals surface area (Å²) in [6, 6.07) is 2.02. The first kappa shape index (κ1) is 14.0. The number of aryl methyl sites for hydroxylation is 1. The van der Waals surface area contributed by atoms with Gasteiger partial charge in [-0.3, -0.25) is 0 Å². The lowest BCUT2D eigenvalue weighted by Crippen LogP contribution is -2.05. The lowest BCUT2D eigenvalue weighted by molar-refractivity contribution is 0.986. The van der Waals surface area contributed by atoms with Crippen LogP contribution in [-0.2, 0) is 6.42 Å². The summed E-state index contributed by atoms with van der Waals surface area (Å²) in [6.07, 6.45) is 0.873. The molecule has 0 fully saturated rings. The van der Waals surface area contributed by atoms with Crippen LogP contribution in [0, 0.1) is 0 Å². The van der Waals surface area contributed by atoms with Crippen molar-refractivity contribution in [3.63, 3.8) is 0 Å². The molecule has 18 heavy (non-hydrogen) atoms. The van der Waals surface area contributed by atoms with Crippen LogP contribution >= 0.6 is 43.2 Å². The lowest BCUT2D eigenvalue weighted by atomic mass is 10.3. The lowest BCUT2D eigenvalue weighted by Gasteiger charge is -2.10. The Morgan fingerprint density at radius 1 is 1.28 bits per heavy atom. The molecule has 3 nitrogen and oxygen atoms in total.